The number of aliphatic hydroxyl groups is 1. The summed E-state index contributed by atoms with van der Waals surface area (Å²) in [5, 5.41) is 16.9. The lowest BCUT2D eigenvalue weighted by Gasteiger charge is -2.28. The van der Waals surface area contributed by atoms with Gasteiger partial charge in [-0.1, -0.05) is 0 Å². The summed E-state index contributed by atoms with van der Waals surface area (Å²) >= 11 is 0. The number of aromatic amines is 1. The number of aliphatic hydroxyl groups excluding tert-OH is 1. The molecule has 3 atom stereocenters. The van der Waals surface area contributed by atoms with Gasteiger partial charge in [0.1, 0.15) is 35.6 Å². The highest BCUT2D eigenvalue weighted by Gasteiger charge is 2.34. The minimum absolute atomic E-state index is 0.0660. The number of rotatable bonds is 10. The van der Waals surface area contributed by atoms with Crippen molar-refractivity contribution in [2.45, 2.75) is 57.3 Å². The van der Waals surface area contributed by atoms with Crippen LogP contribution in [0.5, 0.6) is 0 Å². The Morgan fingerprint density at radius 1 is 1.17 bits per heavy atom. The Morgan fingerprint density at radius 2 is 1.89 bits per heavy atom. The van der Waals surface area contributed by atoms with E-state index in [0.717, 1.165) is 6.07 Å². The zero-order chi connectivity index (χ0) is 26.6. The van der Waals surface area contributed by atoms with Crippen molar-refractivity contribution in [3.05, 3.63) is 35.5 Å². The number of piperidine rings is 1. The van der Waals surface area contributed by atoms with E-state index < -0.39 is 65.9 Å². The predicted molar refractivity (Wildman–Crippen MR) is 124 cm³/mol. The molecule has 3 amide bonds. The Bertz CT molecular complexity index is 1160. The summed E-state index contributed by atoms with van der Waals surface area (Å²) < 4.78 is 42.0. The number of hydrogen-bond donors (Lipinski definition) is 5. The maximum Gasteiger partial charge on any atom is 0.268 e. The van der Waals surface area contributed by atoms with Crippen molar-refractivity contribution < 1.29 is 37.5 Å². The molecule has 12 heteroatoms. The monoisotopic (exact) mass is 510 g/mol. The first-order valence-corrected chi connectivity index (χ1v) is 11.6. The van der Waals surface area contributed by atoms with Crippen molar-refractivity contribution in [1.82, 2.24) is 20.9 Å². The Morgan fingerprint density at radius 3 is 2.53 bits per heavy atom. The number of alkyl halides is 1. The molecule has 1 aliphatic heterocycles. The molecule has 1 fully saturated rings. The molecule has 1 aromatic heterocycles. The van der Waals surface area contributed by atoms with Crippen molar-refractivity contribution in [2.75, 3.05) is 13.2 Å². The van der Waals surface area contributed by atoms with Gasteiger partial charge in [0.25, 0.3) is 5.91 Å². The number of amides is 3. The lowest BCUT2D eigenvalue weighted by Crippen LogP contribution is -2.54. The highest BCUT2D eigenvalue weighted by Crippen LogP contribution is 2.22. The highest BCUT2D eigenvalue weighted by atomic mass is 19.1. The van der Waals surface area contributed by atoms with Gasteiger partial charge in [-0.25, -0.2) is 13.2 Å². The van der Waals surface area contributed by atoms with Crippen LogP contribution < -0.4 is 16.0 Å². The molecule has 36 heavy (non-hydrogen) atoms. The van der Waals surface area contributed by atoms with Crippen LogP contribution in [0.3, 0.4) is 0 Å². The molecule has 1 aliphatic rings. The van der Waals surface area contributed by atoms with Gasteiger partial charge >= 0.3 is 0 Å². The van der Waals surface area contributed by atoms with Crippen LogP contribution in [-0.4, -0.2) is 64.5 Å². The van der Waals surface area contributed by atoms with E-state index in [4.69, 9.17) is 0 Å². The second-order valence-corrected chi connectivity index (χ2v) is 9.54. The number of Topliss-reactive ketones (excluding diaryl/α,β-unsaturated/α-hetero) is 1. The molecule has 9 nitrogen and oxygen atoms in total. The smallest absolute Gasteiger partial charge is 0.268 e. The number of fused-ring (bicyclic) bond motifs is 1. The Kier molecular flexibility index (Phi) is 8.39. The predicted octanol–water partition coefficient (Wildman–Crippen LogP) is 1.65. The summed E-state index contributed by atoms with van der Waals surface area (Å²) in [6.45, 7) is 2.01. The third kappa shape index (κ3) is 6.84. The van der Waals surface area contributed by atoms with Gasteiger partial charge in [0.05, 0.1) is 11.6 Å². The molecular formula is C24H29F3N4O5. The zero-order valence-corrected chi connectivity index (χ0v) is 19.9. The van der Waals surface area contributed by atoms with Crippen LogP contribution in [0.15, 0.2) is 18.2 Å². The van der Waals surface area contributed by atoms with Gasteiger partial charge in [-0.15, -0.1) is 0 Å². The number of aromatic nitrogens is 1. The molecule has 1 aromatic carbocycles. The van der Waals surface area contributed by atoms with E-state index in [1.54, 1.807) is 0 Å². The van der Waals surface area contributed by atoms with Crippen LogP contribution in [0.25, 0.3) is 10.9 Å². The van der Waals surface area contributed by atoms with Gasteiger partial charge in [0.2, 0.25) is 11.8 Å². The van der Waals surface area contributed by atoms with Crippen molar-refractivity contribution in [3.63, 3.8) is 0 Å². The number of hydrogen-bond acceptors (Lipinski definition) is 5. The Labute approximate surface area is 205 Å². The largest absolute Gasteiger partial charge is 0.389 e. The highest BCUT2D eigenvalue weighted by molar-refractivity contribution is 6.01. The molecule has 1 saturated heterocycles. The van der Waals surface area contributed by atoms with E-state index in [1.807, 2.05) is 0 Å². The fourth-order valence-electron chi connectivity index (χ4n) is 4.22. The number of carbonyl (C=O) groups excluding carboxylic acids is 4. The van der Waals surface area contributed by atoms with E-state index in [2.05, 4.69) is 20.9 Å². The van der Waals surface area contributed by atoms with E-state index in [1.165, 1.54) is 19.9 Å². The summed E-state index contributed by atoms with van der Waals surface area (Å²) in [6, 6.07) is 0.162. The Balaban J connectivity index is 1.79. The van der Waals surface area contributed by atoms with Crippen molar-refractivity contribution in [1.29, 1.82) is 0 Å². The molecule has 2 aromatic rings. The van der Waals surface area contributed by atoms with Crippen molar-refractivity contribution in [3.8, 4) is 0 Å². The second kappa shape index (κ2) is 11.1. The van der Waals surface area contributed by atoms with Crippen molar-refractivity contribution >= 4 is 34.4 Å². The lowest BCUT2D eigenvalue weighted by molar-refractivity contribution is -0.133. The van der Waals surface area contributed by atoms with E-state index >= 15 is 0 Å². The number of benzene rings is 1. The van der Waals surface area contributed by atoms with Gasteiger partial charge in [-0.3, -0.25) is 19.2 Å². The number of carbonyl (C=O) groups is 4. The van der Waals surface area contributed by atoms with Crippen LogP contribution in [0, 0.1) is 17.6 Å². The molecule has 5 N–H and O–H groups in total. The molecule has 0 radical (unpaired) electrons. The first-order valence-electron chi connectivity index (χ1n) is 11.6. The zero-order valence-electron chi connectivity index (χ0n) is 19.9. The fourth-order valence-corrected chi connectivity index (χ4v) is 4.22. The van der Waals surface area contributed by atoms with Crippen LogP contribution in [-0.2, 0) is 14.4 Å². The minimum Gasteiger partial charge on any atom is -0.389 e. The first kappa shape index (κ1) is 27.2. The average Bonchev–Trinajstić information content (AvgIpc) is 3.22. The van der Waals surface area contributed by atoms with E-state index in [0.29, 0.717) is 25.5 Å². The summed E-state index contributed by atoms with van der Waals surface area (Å²) in [7, 11) is 0. The molecule has 0 bridgehead atoms. The SMILES string of the molecule is CC(C)(F)CC(NC(=O)c1cc2cc(F)cc(F)c2[nH]1)C(=O)NC(C[C@@H]1CCCNC1=O)C(=O)CO. The molecule has 196 valence electrons. The third-order valence-electron chi connectivity index (χ3n) is 5.98. The summed E-state index contributed by atoms with van der Waals surface area (Å²) in [4.78, 5) is 52.8. The first-order chi connectivity index (χ1) is 16.9. The molecule has 2 heterocycles. The van der Waals surface area contributed by atoms with Crippen molar-refractivity contribution in [2.24, 2.45) is 5.92 Å². The molecule has 3 rings (SSSR count). The number of halogens is 3. The van der Waals surface area contributed by atoms with Gasteiger partial charge in [-0.2, -0.15) is 0 Å². The quantitative estimate of drug-likeness (QED) is 0.331. The van der Waals surface area contributed by atoms with Crippen LogP contribution in [0.2, 0.25) is 0 Å². The van der Waals surface area contributed by atoms with E-state index in [9.17, 15) is 37.5 Å². The summed E-state index contributed by atoms with van der Waals surface area (Å²) in [5.74, 6) is -5.11. The normalized spacial score (nSPS) is 17.8. The van der Waals surface area contributed by atoms with E-state index in [-0.39, 0.29) is 28.9 Å². The lowest BCUT2D eigenvalue weighted by atomic mass is 9.90. The van der Waals surface area contributed by atoms with Gasteiger partial charge in [-0.05, 0) is 45.2 Å². The Hall–Kier alpha value is -3.41. The van der Waals surface area contributed by atoms with Gasteiger partial charge < -0.3 is 26.0 Å². The minimum atomic E-state index is -1.91. The summed E-state index contributed by atoms with van der Waals surface area (Å²) in [5.41, 5.74) is -2.22. The maximum absolute atomic E-state index is 14.5. The number of ketones is 1. The van der Waals surface area contributed by atoms with Crippen LogP contribution in [0.1, 0.15) is 50.0 Å². The standard InChI is InChI=1S/C24H29F3N4O5/c1-24(2,27)10-18(31-22(35)17-8-13-6-14(25)9-15(26)20(13)29-17)23(36)30-16(19(33)11-32)7-12-4-3-5-28-21(12)34/h6,8-9,12,16,18,29,32H,3-5,7,10-11H2,1-2H3,(H,28,34)(H,30,36)(H,31,35)/t12-,16?,18?/m0/s1. The maximum atomic E-state index is 14.5. The third-order valence-corrected chi connectivity index (χ3v) is 5.98. The topological polar surface area (TPSA) is 140 Å². The molecular weight excluding hydrogens is 481 g/mol. The molecule has 0 aliphatic carbocycles. The van der Waals surface area contributed by atoms with Crippen LogP contribution >= 0.6 is 0 Å². The summed E-state index contributed by atoms with van der Waals surface area (Å²) in [6.07, 6.45) is 0.640. The van der Waals surface area contributed by atoms with Crippen LogP contribution in [0.4, 0.5) is 13.2 Å². The van der Waals surface area contributed by atoms with Gasteiger partial charge in [0.15, 0.2) is 5.78 Å². The molecule has 0 saturated carbocycles. The fraction of sp³-hybridized carbons (Fsp3) is 0.500. The number of H-pyrrole nitrogens is 1. The second-order valence-electron chi connectivity index (χ2n) is 9.54. The molecule has 2 unspecified atom stereocenters. The van der Waals surface area contributed by atoms with Gasteiger partial charge in [0, 0.05) is 30.3 Å². The molecule has 0 spiro atoms. The number of nitrogens with one attached hydrogen (secondary N) is 4. The average molecular weight is 511 g/mol.